The predicted octanol–water partition coefficient (Wildman–Crippen LogP) is 4.25. The minimum atomic E-state index is 0.699. The molecular formula is C13H14Cl2N2. The van der Waals surface area contributed by atoms with E-state index in [1.807, 2.05) is 50.3 Å². The summed E-state index contributed by atoms with van der Waals surface area (Å²) in [4.78, 5) is 2.00. The maximum Gasteiger partial charge on any atom is 0.0651 e. The van der Waals surface area contributed by atoms with E-state index in [2.05, 4.69) is 5.32 Å². The first-order chi connectivity index (χ1) is 8.06. The average Bonchev–Trinajstić information content (AvgIpc) is 2.28. The largest absolute Gasteiger partial charge is 0.386 e. The van der Waals surface area contributed by atoms with Crippen LogP contribution in [0.1, 0.15) is 0 Å². The molecule has 17 heavy (non-hydrogen) atoms. The molecule has 0 heterocycles. The second-order valence-electron chi connectivity index (χ2n) is 4.06. The predicted molar refractivity (Wildman–Crippen MR) is 77.8 cm³/mol. The fraction of sp³-hybridized carbons (Fsp3) is 0.231. The van der Waals surface area contributed by atoms with Gasteiger partial charge in [0.2, 0.25) is 0 Å². The van der Waals surface area contributed by atoms with Crippen LogP contribution in [0.25, 0.3) is 10.8 Å². The summed E-state index contributed by atoms with van der Waals surface area (Å²) in [6.07, 6.45) is 0. The molecule has 1 N–H and O–H groups in total. The van der Waals surface area contributed by atoms with E-state index in [1.54, 1.807) is 0 Å². The SMILES string of the molecule is CNc1c(Cl)ccc2ccc(Cl)c(N(C)C)c12. The number of nitrogens with zero attached hydrogens (tertiary/aromatic N) is 1. The van der Waals surface area contributed by atoms with Gasteiger partial charge in [0.15, 0.2) is 0 Å². The Morgan fingerprint density at radius 1 is 1.00 bits per heavy atom. The number of anilines is 2. The number of benzene rings is 2. The second kappa shape index (κ2) is 4.63. The van der Waals surface area contributed by atoms with Crippen LogP contribution in [0.3, 0.4) is 0 Å². The zero-order chi connectivity index (χ0) is 12.6. The molecule has 0 aliphatic heterocycles. The summed E-state index contributed by atoms with van der Waals surface area (Å²) in [5.41, 5.74) is 1.89. The molecule has 4 heteroatoms. The molecule has 0 spiro atoms. The maximum atomic E-state index is 6.27. The Morgan fingerprint density at radius 3 is 2.12 bits per heavy atom. The van der Waals surface area contributed by atoms with Crippen molar-refractivity contribution in [3.05, 3.63) is 34.3 Å². The highest BCUT2D eigenvalue weighted by Gasteiger charge is 2.13. The van der Waals surface area contributed by atoms with Gasteiger partial charge in [-0.2, -0.15) is 0 Å². The Bertz CT molecular complexity index is 560. The third kappa shape index (κ3) is 2.03. The minimum absolute atomic E-state index is 0.699. The highest BCUT2D eigenvalue weighted by molar-refractivity contribution is 6.38. The smallest absolute Gasteiger partial charge is 0.0651 e. The van der Waals surface area contributed by atoms with Gasteiger partial charge in [-0.15, -0.1) is 0 Å². The highest BCUT2D eigenvalue weighted by atomic mass is 35.5. The molecule has 0 saturated carbocycles. The molecule has 0 fully saturated rings. The van der Waals surface area contributed by atoms with Crippen LogP contribution in [0, 0.1) is 0 Å². The maximum absolute atomic E-state index is 6.27. The summed E-state index contributed by atoms with van der Waals surface area (Å²) < 4.78 is 0. The van der Waals surface area contributed by atoms with Crippen molar-refractivity contribution in [2.24, 2.45) is 0 Å². The van der Waals surface area contributed by atoms with Crippen molar-refractivity contribution in [2.45, 2.75) is 0 Å². The van der Waals surface area contributed by atoms with E-state index in [9.17, 15) is 0 Å². The zero-order valence-electron chi connectivity index (χ0n) is 10.0. The van der Waals surface area contributed by atoms with Crippen LogP contribution in [-0.4, -0.2) is 21.1 Å². The van der Waals surface area contributed by atoms with Crippen LogP contribution in [0.15, 0.2) is 24.3 Å². The lowest BCUT2D eigenvalue weighted by atomic mass is 10.1. The second-order valence-corrected chi connectivity index (χ2v) is 4.88. The molecular weight excluding hydrogens is 255 g/mol. The Balaban J connectivity index is 2.94. The lowest BCUT2D eigenvalue weighted by molar-refractivity contribution is 1.14. The molecule has 0 aromatic heterocycles. The fourth-order valence-electron chi connectivity index (χ4n) is 2.03. The normalized spacial score (nSPS) is 10.6. The number of hydrogen-bond donors (Lipinski definition) is 1. The summed E-state index contributed by atoms with van der Waals surface area (Å²) >= 11 is 12.5. The van der Waals surface area contributed by atoms with E-state index in [-0.39, 0.29) is 0 Å². The van der Waals surface area contributed by atoms with Crippen LogP contribution in [-0.2, 0) is 0 Å². The quantitative estimate of drug-likeness (QED) is 0.876. The van der Waals surface area contributed by atoms with Gasteiger partial charge in [0, 0.05) is 26.5 Å². The summed E-state index contributed by atoms with van der Waals surface area (Å²) in [6, 6.07) is 7.80. The van der Waals surface area contributed by atoms with E-state index in [0.29, 0.717) is 5.02 Å². The van der Waals surface area contributed by atoms with Gasteiger partial charge in [0.25, 0.3) is 0 Å². The van der Waals surface area contributed by atoms with Gasteiger partial charge in [0.05, 0.1) is 21.4 Å². The van der Waals surface area contributed by atoms with Crippen molar-refractivity contribution in [1.29, 1.82) is 0 Å². The minimum Gasteiger partial charge on any atom is -0.386 e. The fourth-order valence-corrected chi connectivity index (χ4v) is 2.61. The Kier molecular flexibility index (Phi) is 3.36. The van der Waals surface area contributed by atoms with Crippen molar-refractivity contribution in [2.75, 3.05) is 31.4 Å². The molecule has 90 valence electrons. The molecule has 0 amide bonds. The number of hydrogen-bond acceptors (Lipinski definition) is 2. The average molecular weight is 269 g/mol. The number of fused-ring (bicyclic) bond motifs is 1. The molecule has 0 bridgehead atoms. The molecule has 0 aliphatic carbocycles. The van der Waals surface area contributed by atoms with Crippen LogP contribution in [0.4, 0.5) is 11.4 Å². The number of rotatable bonds is 2. The van der Waals surface area contributed by atoms with Crippen molar-refractivity contribution < 1.29 is 0 Å². The van der Waals surface area contributed by atoms with E-state index < -0.39 is 0 Å². The molecule has 2 aromatic carbocycles. The molecule has 0 radical (unpaired) electrons. The number of nitrogens with one attached hydrogen (secondary N) is 1. The summed E-state index contributed by atoms with van der Waals surface area (Å²) in [5, 5.41) is 6.74. The van der Waals surface area contributed by atoms with Crippen molar-refractivity contribution in [3.63, 3.8) is 0 Å². The van der Waals surface area contributed by atoms with E-state index in [0.717, 1.165) is 27.2 Å². The lowest BCUT2D eigenvalue weighted by Crippen LogP contribution is -2.10. The van der Waals surface area contributed by atoms with Crippen LogP contribution >= 0.6 is 23.2 Å². The standard InChI is InChI=1S/C13H14Cl2N2/c1-16-12-9(14)6-4-8-5-7-10(15)13(11(8)12)17(2)3/h4-7,16H,1-3H3. The highest BCUT2D eigenvalue weighted by Crippen LogP contribution is 2.40. The Labute approximate surface area is 111 Å². The summed E-state index contributed by atoms with van der Waals surface area (Å²) in [5.74, 6) is 0. The van der Waals surface area contributed by atoms with Gasteiger partial charge >= 0.3 is 0 Å². The van der Waals surface area contributed by atoms with Crippen molar-refractivity contribution in [3.8, 4) is 0 Å². The van der Waals surface area contributed by atoms with Crippen molar-refractivity contribution >= 4 is 45.3 Å². The van der Waals surface area contributed by atoms with Gasteiger partial charge in [-0.1, -0.05) is 35.3 Å². The van der Waals surface area contributed by atoms with Gasteiger partial charge in [0.1, 0.15) is 0 Å². The first kappa shape index (κ1) is 12.3. The Hall–Kier alpha value is -1.12. The Morgan fingerprint density at radius 2 is 1.59 bits per heavy atom. The van der Waals surface area contributed by atoms with E-state index >= 15 is 0 Å². The summed E-state index contributed by atoms with van der Waals surface area (Å²) in [6.45, 7) is 0. The van der Waals surface area contributed by atoms with Gasteiger partial charge in [-0.3, -0.25) is 0 Å². The third-order valence-corrected chi connectivity index (χ3v) is 3.38. The molecule has 2 rings (SSSR count). The van der Waals surface area contributed by atoms with Crippen LogP contribution in [0.2, 0.25) is 10.0 Å². The van der Waals surface area contributed by atoms with Gasteiger partial charge in [-0.25, -0.2) is 0 Å². The molecule has 2 nitrogen and oxygen atoms in total. The summed E-state index contributed by atoms with van der Waals surface area (Å²) in [7, 11) is 5.81. The molecule has 0 atom stereocenters. The molecule has 2 aromatic rings. The van der Waals surface area contributed by atoms with Crippen LogP contribution < -0.4 is 10.2 Å². The van der Waals surface area contributed by atoms with Gasteiger partial charge < -0.3 is 10.2 Å². The first-order valence-corrected chi connectivity index (χ1v) is 6.07. The van der Waals surface area contributed by atoms with E-state index in [1.165, 1.54) is 0 Å². The monoisotopic (exact) mass is 268 g/mol. The molecule has 0 saturated heterocycles. The lowest BCUT2D eigenvalue weighted by Gasteiger charge is -2.20. The first-order valence-electron chi connectivity index (χ1n) is 5.32. The zero-order valence-corrected chi connectivity index (χ0v) is 11.5. The third-order valence-electron chi connectivity index (χ3n) is 2.76. The molecule has 0 aliphatic rings. The topological polar surface area (TPSA) is 15.3 Å². The van der Waals surface area contributed by atoms with Crippen LogP contribution in [0.5, 0.6) is 0 Å². The van der Waals surface area contributed by atoms with E-state index in [4.69, 9.17) is 23.2 Å². The van der Waals surface area contributed by atoms with Crippen molar-refractivity contribution in [1.82, 2.24) is 0 Å². The molecule has 0 unspecified atom stereocenters. The number of halogens is 2. The van der Waals surface area contributed by atoms with Gasteiger partial charge in [-0.05, 0) is 17.5 Å².